The van der Waals surface area contributed by atoms with E-state index in [0.717, 1.165) is 0 Å². The molecule has 3 N–H and O–H groups in total. The van der Waals surface area contributed by atoms with Crippen LogP contribution in [0.1, 0.15) is 0 Å². The Morgan fingerprint density at radius 1 is 1.45 bits per heavy atom. The molecule has 62 valence electrons. The second-order valence-corrected chi connectivity index (χ2v) is 2.15. The molecule has 0 saturated carbocycles. The average molecular weight is 197 g/mol. The number of benzene rings is 1. The van der Waals surface area contributed by atoms with Gasteiger partial charge in [0.2, 0.25) is 0 Å². The van der Waals surface area contributed by atoms with Crippen LogP contribution < -0.4 is 11.3 Å². The first kappa shape index (κ1) is 10.5. The van der Waals surface area contributed by atoms with Gasteiger partial charge in [0.1, 0.15) is 11.5 Å². The van der Waals surface area contributed by atoms with Gasteiger partial charge in [-0.15, -0.1) is 12.4 Å². The number of hydrogen-bond donors (Lipinski definition) is 2. The van der Waals surface area contributed by atoms with Crippen LogP contribution in [0.3, 0.4) is 0 Å². The molecule has 0 aliphatic carbocycles. The van der Waals surface area contributed by atoms with E-state index >= 15 is 0 Å². The number of para-hydroxylation sites is 1. The first-order valence-corrected chi connectivity index (χ1v) is 3.04. The lowest BCUT2D eigenvalue weighted by molar-refractivity contribution is 0.631. The fourth-order valence-corrected chi connectivity index (χ4v) is 0.853. The van der Waals surface area contributed by atoms with Crippen molar-refractivity contribution in [3.63, 3.8) is 0 Å². The van der Waals surface area contributed by atoms with Crippen LogP contribution in [0.15, 0.2) is 18.2 Å². The molecule has 0 unspecified atom stereocenters. The van der Waals surface area contributed by atoms with E-state index < -0.39 is 5.82 Å². The van der Waals surface area contributed by atoms with Crippen LogP contribution in [0.25, 0.3) is 0 Å². The van der Waals surface area contributed by atoms with Gasteiger partial charge in [-0.05, 0) is 12.1 Å². The molecule has 1 aromatic rings. The molecule has 0 atom stereocenters. The minimum atomic E-state index is -0.449. The molecule has 0 fully saturated rings. The molecule has 0 aliphatic rings. The molecule has 0 aliphatic heterocycles. The van der Waals surface area contributed by atoms with Crippen molar-refractivity contribution in [3.05, 3.63) is 29.0 Å². The summed E-state index contributed by atoms with van der Waals surface area (Å²) in [5.74, 6) is 4.53. The first-order valence-electron chi connectivity index (χ1n) is 2.66. The van der Waals surface area contributed by atoms with Crippen LogP contribution >= 0.6 is 24.0 Å². The van der Waals surface area contributed by atoms with E-state index in [-0.39, 0.29) is 23.1 Å². The lowest BCUT2D eigenvalue weighted by atomic mass is 10.3. The maximum atomic E-state index is 12.6. The van der Waals surface area contributed by atoms with Gasteiger partial charge in [-0.25, -0.2) is 4.39 Å². The lowest BCUT2D eigenvalue weighted by Gasteiger charge is -2.02. The minimum absolute atomic E-state index is 0. The second-order valence-electron chi connectivity index (χ2n) is 1.74. The van der Waals surface area contributed by atoms with Crippen LogP contribution in [0.2, 0.25) is 5.02 Å². The molecule has 1 aromatic carbocycles. The van der Waals surface area contributed by atoms with Gasteiger partial charge >= 0.3 is 0 Å². The van der Waals surface area contributed by atoms with E-state index in [9.17, 15) is 4.39 Å². The normalized spacial score (nSPS) is 8.64. The predicted octanol–water partition coefficient (Wildman–Crippen LogP) is 2.19. The maximum Gasteiger partial charge on any atom is 0.149 e. The summed E-state index contributed by atoms with van der Waals surface area (Å²) in [6.07, 6.45) is 0. The highest BCUT2D eigenvalue weighted by Gasteiger charge is 2.02. The third kappa shape index (κ3) is 2.22. The van der Waals surface area contributed by atoms with Crippen molar-refractivity contribution in [2.24, 2.45) is 5.84 Å². The van der Waals surface area contributed by atoms with Crippen molar-refractivity contribution < 1.29 is 4.39 Å². The number of nitrogens with one attached hydrogen (secondary N) is 1. The van der Waals surface area contributed by atoms with Gasteiger partial charge in [0.25, 0.3) is 0 Å². The Morgan fingerprint density at radius 2 is 2.09 bits per heavy atom. The molecule has 0 amide bonds. The highest BCUT2D eigenvalue weighted by molar-refractivity contribution is 6.33. The Hall–Kier alpha value is -0.510. The molecule has 2 nitrogen and oxygen atoms in total. The van der Waals surface area contributed by atoms with Crippen LogP contribution in [0, 0.1) is 5.82 Å². The SMILES string of the molecule is Cl.NNc1c(F)cccc1Cl. The zero-order valence-corrected chi connectivity index (χ0v) is 7.05. The molecule has 0 heterocycles. The Kier molecular flexibility index (Phi) is 4.18. The third-order valence-corrected chi connectivity index (χ3v) is 1.42. The Balaban J connectivity index is 0.000001000. The summed E-state index contributed by atoms with van der Waals surface area (Å²) in [7, 11) is 0. The lowest BCUT2D eigenvalue weighted by Crippen LogP contribution is -2.08. The highest BCUT2D eigenvalue weighted by atomic mass is 35.5. The zero-order chi connectivity index (χ0) is 7.56. The number of nitrogens with two attached hydrogens (primary N) is 1. The van der Waals surface area contributed by atoms with Gasteiger partial charge in [-0.2, -0.15) is 0 Å². The van der Waals surface area contributed by atoms with Crippen molar-refractivity contribution >= 4 is 29.7 Å². The Morgan fingerprint density at radius 3 is 2.45 bits per heavy atom. The number of rotatable bonds is 1. The predicted molar refractivity (Wildman–Crippen MR) is 46.5 cm³/mol. The molecule has 0 radical (unpaired) electrons. The summed E-state index contributed by atoms with van der Waals surface area (Å²) in [6.45, 7) is 0. The van der Waals surface area contributed by atoms with Crippen molar-refractivity contribution in [3.8, 4) is 0 Å². The largest absolute Gasteiger partial charge is 0.320 e. The smallest absolute Gasteiger partial charge is 0.149 e. The monoisotopic (exact) mass is 196 g/mol. The summed E-state index contributed by atoms with van der Waals surface area (Å²) in [6, 6.07) is 4.35. The van der Waals surface area contributed by atoms with E-state index in [2.05, 4.69) is 5.43 Å². The number of hydrogen-bond acceptors (Lipinski definition) is 2. The van der Waals surface area contributed by atoms with E-state index in [1.54, 1.807) is 6.07 Å². The van der Waals surface area contributed by atoms with Crippen LogP contribution in [0.4, 0.5) is 10.1 Å². The molecule has 11 heavy (non-hydrogen) atoms. The van der Waals surface area contributed by atoms with Crippen molar-refractivity contribution in [1.82, 2.24) is 0 Å². The number of anilines is 1. The maximum absolute atomic E-state index is 12.6. The molecular weight excluding hydrogens is 190 g/mol. The van der Waals surface area contributed by atoms with E-state index in [0.29, 0.717) is 0 Å². The van der Waals surface area contributed by atoms with Crippen LogP contribution in [-0.4, -0.2) is 0 Å². The van der Waals surface area contributed by atoms with Crippen LogP contribution in [-0.2, 0) is 0 Å². The van der Waals surface area contributed by atoms with Crippen molar-refractivity contribution in [2.45, 2.75) is 0 Å². The van der Waals surface area contributed by atoms with Gasteiger partial charge in [0.05, 0.1) is 5.02 Å². The van der Waals surface area contributed by atoms with Crippen molar-refractivity contribution in [1.29, 1.82) is 0 Å². The Bertz CT molecular complexity index is 222. The van der Waals surface area contributed by atoms with Gasteiger partial charge < -0.3 is 5.43 Å². The number of nitrogen functional groups attached to an aromatic ring is 1. The third-order valence-electron chi connectivity index (χ3n) is 1.11. The molecule has 1 rings (SSSR count). The van der Waals surface area contributed by atoms with Crippen LogP contribution in [0.5, 0.6) is 0 Å². The Labute approximate surface area is 74.9 Å². The topological polar surface area (TPSA) is 38.0 Å². The summed E-state index contributed by atoms with van der Waals surface area (Å²) in [4.78, 5) is 0. The molecular formula is C6H7Cl2FN2. The molecule has 0 spiro atoms. The molecule has 5 heteroatoms. The van der Waals surface area contributed by atoms with Gasteiger partial charge in [-0.3, -0.25) is 5.84 Å². The highest BCUT2D eigenvalue weighted by Crippen LogP contribution is 2.22. The number of hydrazine groups is 1. The summed E-state index contributed by atoms with van der Waals surface area (Å²) in [5, 5.41) is 0.280. The van der Waals surface area contributed by atoms with Gasteiger partial charge in [-0.1, -0.05) is 17.7 Å². The van der Waals surface area contributed by atoms with Gasteiger partial charge in [0.15, 0.2) is 0 Å². The van der Waals surface area contributed by atoms with E-state index in [4.69, 9.17) is 17.4 Å². The standard InChI is InChI=1S/C6H6ClFN2.ClH/c7-4-2-1-3-5(8)6(4)10-9;/h1-3,10H,9H2;1H. The fraction of sp³-hybridized carbons (Fsp3) is 0. The van der Waals surface area contributed by atoms with Gasteiger partial charge in [0, 0.05) is 0 Å². The second kappa shape index (κ2) is 4.38. The average Bonchev–Trinajstić information content (AvgIpc) is 1.88. The number of halogens is 3. The first-order chi connectivity index (χ1) is 4.75. The summed E-state index contributed by atoms with van der Waals surface area (Å²) < 4.78 is 12.6. The van der Waals surface area contributed by atoms with Crippen molar-refractivity contribution in [2.75, 3.05) is 5.43 Å². The molecule has 0 bridgehead atoms. The van der Waals surface area contributed by atoms with E-state index in [1.807, 2.05) is 0 Å². The minimum Gasteiger partial charge on any atom is -0.320 e. The zero-order valence-electron chi connectivity index (χ0n) is 5.47. The van der Waals surface area contributed by atoms with E-state index in [1.165, 1.54) is 12.1 Å². The summed E-state index contributed by atoms with van der Waals surface area (Å²) in [5.41, 5.74) is 2.29. The molecule has 0 aromatic heterocycles. The summed E-state index contributed by atoms with van der Waals surface area (Å²) >= 11 is 5.55. The quantitative estimate of drug-likeness (QED) is 0.534. The molecule has 0 saturated heterocycles. The fourth-order valence-electron chi connectivity index (χ4n) is 0.636.